The maximum atomic E-state index is 12.5. The Hall–Kier alpha value is -0.470. The van der Waals surface area contributed by atoms with Crippen LogP contribution in [0.1, 0.15) is 30.4 Å². The summed E-state index contributed by atoms with van der Waals surface area (Å²) in [6, 6.07) is 3.24. The maximum absolute atomic E-state index is 12.5. The minimum absolute atomic E-state index is 0.150. The van der Waals surface area contributed by atoms with Crippen LogP contribution >= 0.6 is 15.9 Å². The molecule has 2 rings (SSSR count). The van der Waals surface area contributed by atoms with Gasteiger partial charge in [0.05, 0.1) is 17.1 Å². The SMILES string of the molecule is COC1(CNS(=O)(=O)c2cc(CO)cc(C)c2Br)CCC1. The first-order valence-electron chi connectivity index (χ1n) is 6.78. The standard InChI is InChI=1S/C14H20BrNO4S/c1-10-6-11(8-17)7-12(13(10)15)21(18,19)16-9-14(20-2)4-3-5-14/h6-7,16-17H,3-5,8-9H2,1-2H3. The van der Waals surface area contributed by atoms with E-state index in [1.54, 1.807) is 20.1 Å². The van der Waals surface area contributed by atoms with Gasteiger partial charge in [0.1, 0.15) is 0 Å². The quantitative estimate of drug-likeness (QED) is 0.795. The van der Waals surface area contributed by atoms with E-state index < -0.39 is 10.0 Å². The lowest BCUT2D eigenvalue weighted by Crippen LogP contribution is -2.49. The highest BCUT2D eigenvalue weighted by Crippen LogP contribution is 2.35. The molecule has 1 saturated carbocycles. The lowest BCUT2D eigenvalue weighted by Gasteiger charge is -2.40. The van der Waals surface area contributed by atoms with Crippen LogP contribution in [0.4, 0.5) is 0 Å². The highest BCUT2D eigenvalue weighted by Gasteiger charge is 2.38. The van der Waals surface area contributed by atoms with Gasteiger partial charge < -0.3 is 9.84 Å². The topological polar surface area (TPSA) is 75.6 Å². The maximum Gasteiger partial charge on any atom is 0.241 e. The van der Waals surface area contributed by atoms with E-state index in [1.807, 2.05) is 0 Å². The number of nitrogens with one attached hydrogen (secondary N) is 1. The van der Waals surface area contributed by atoms with Crippen LogP contribution < -0.4 is 4.72 Å². The van der Waals surface area contributed by atoms with E-state index in [0.29, 0.717) is 10.0 Å². The van der Waals surface area contributed by atoms with Gasteiger partial charge in [0.25, 0.3) is 0 Å². The molecule has 1 aromatic carbocycles. The molecule has 21 heavy (non-hydrogen) atoms. The first kappa shape index (κ1) is 16.9. The molecule has 1 aliphatic rings. The summed E-state index contributed by atoms with van der Waals surface area (Å²) in [6.07, 6.45) is 2.78. The molecular formula is C14H20BrNO4S. The average Bonchev–Trinajstić information content (AvgIpc) is 2.40. The number of methoxy groups -OCH3 is 1. The zero-order valence-corrected chi connectivity index (χ0v) is 14.6. The third-order valence-electron chi connectivity index (χ3n) is 4.04. The van der Waals surface area contributed by atoms with Crippen LogP contribution in [0.2, 0.25) is 0 Å². The van der Waals surface area contributed by atoms with E-state index in [4.69, 9.17) is 4.74 Å². The molecule has 1 fully saturated rings. The fourth-order valence-corrected chi connectivity index (χ4v) is 4.60. The predicted molar refractivity (Wildman–Crippen MR) is 83.6 cm³/mol. The summed E-state index contributed by atoms with van der Waals surface area (Å²) in [4.78, 5) is 0.150. The summed E-state index contributed by atoms with van der Waals surface area (Å²) in [5.74, 6) is 0. The highest BCUT2D eigenvalue weighted by atomic mass is 79.9. The fraction of sp³-hybridized carbons (Fsp3) is 0.571. The van der Waals surface area contributed by atoms with Gasteiger partial charge in [-0.05, 0) is 59.3 Å². The number of halogens is 1. The van der Waals surface area contributed by atoms with Gasteiger partial charge in [0.15, 0.2) is 0 Å². The Morgan fingerprint density at radius 2 is 2.10 bits per heavy atom. The molecule has 1 aliphatic carbocycles. The number of ether oxygens (including phenoxy) is 1. The first-order chi connectivity index (χ1) is 9.83. The molecule has 0 bridgehead atoms. The van der Waals surface area contributed by atoms with Crippen molar-refractivity contribution in [3.8, 4) is 0 Å². The molecular weight excluding hydrogens is 358 g/mol. The Morgan fingerprint density at radius 3 is 2.57 bits per heavy atom. The van der Waals surface area contributed by atoms with Gasteiger partial charge in [-0.2, -0.15) is 0 Å². The minimum atomic E-state index is -3.65. The van der Waals surface area contributed by atoms with Crippen molar-refractivity contribution in [1.82, 2.24) is 4.72 Å². The summed E-state index contributed by atoms with van der Waals surface area (Å²) in [5.41, 5.74) is 0.969. The predicted octanol–water partition coefficient (Wildman–Crippen LogP) is 2.10. The largest absolute Gasteiger partial charge is 0.392 e. The third-order valence-corrected chi connectivity index (χ3v) is 6.78. The van der Waals surface area contributed by atoms with Crippen molar-refractivity contribution in [3.63, 3.8) is 0 Å². The van der Waals surface area contributed by atoms with Crippen molar-refractivity contribution in [1.29, 1.82) is 0 Å². The van der Waals surface area contributed by atoms with Gasteiger partial charge in [-0.25, -0.2) is 13.1 Å². The molecule has 0 unspecified atom stereocenters. The van der Waals surface area contributed by atoms with Gasteiger partial charge in [0.2, 0.25) is 10.0 Å². The van der Waals surface area contributed by atoms with Crippen LogP contribution in [0, 0.1) is 6.92 Å². The van der Waals surface area contributed by atoms with Gasteiger partial charge >= 0.3 is 0 Å². The first-order valence-corrected chi connectivity index (χ1v) is 9.06. The normalized spacial score (nSPS) is 17.5. The van der Waals surface area contributed by atoms with Crippen molar-refractivity contribution in [2.45, 2.75) is 43.3 Å². The highest BCUT2D eigenvalue weighted by molar-refractivity contribution is 9.10. The minimum Gasteiger partial charge on any atom is -0.392 e. The second-order valence-electron chi connectivity index (χ2n) is 5.45. The third kappa shape index (κ3) is 3.48. The molecule has 118 valence electrons. The Bertz CT molecular complexity index is 621. The summed E-state index contributed by atoms with van der Waals surface area (Å²) in [7, 11) is -2.04. The van der Waals surface area contributed by atoms with E-state index in [2.05, 4.69) is 20.7 Å². The molecule has 0 spiro atoms. The zero-order valence-electron chi connectivity index (χ0n) is 12.1. The van der Waals surface area contributed by atoms with Crippen molar-refractivity contribution in [2.75, 3.05) is 13.7 Å². The fourth-order valence-electron chi connectivity index (χ4n) is 2.42. The smallest absolute Gasteiger partial charge is 0.241 e. The number of aryl methyl sites for hydroxylation is 1. The van der Waals surface area contributed by atoms with Crippen LogP contribution in [0.15, 0.2) is 21.5 Å². The number of hydrogen-bond acceptors (Lipinski definition) is 4. The van der Waals surface area contributed by atoms with Crippen LogP contribution in [0.3, 0.4) is 0 Å². The van der Waals surface area contributed by atoms with Crippen molar-refractivity contribution in [2.24, 2.45) is 0 Å². The zero-order chi connectivity index (χ0) is 15.7. The van der Waals surface area contributed by atoms with E-state index >= 15 is 0 Å². The summed E-state index contributed by atoms with van der Waals surface area (Å²) < 4.78 is 33.6. The molecule has 0 aliphatic heterocycles. The number of rotatable bonds is 6. The second kappa shape index (κ2) is 6.34. The lowest BCUT2D eigenvalue weighted by molar-refractivity contribution is -0.0659. The molecule has 5 nitrogen and oxygen atoms in total. The number of hydrogen-bond donors (Lipinski definition) is 2. The Kier molecular flexibility index (Phi) is 5.10. The number of benzene rings is 1. The van der Waals surface area contributed by atoms with Crippen LogP contribution in [0.5, 0.6) is 0 Å². The Labute approximate surface area is 133 Å². The molecule has 0 radical (unpaired) electrons. The Morgan fingerprint density at radius 1 is 1.43 bits per heavy atom. The van der Waals surface area contributed by atoms with Crippen LogP contribution in [-0.2, 0) is 21.4 Å². The molecule has 0 amide bonds. The molecule has 2 N–H and O–H groups in total. The molecule has 0 aromatic heterocycles. The monoisotopic (exact) mass is 377 g/mol. The molecule has 0 saturated heterocycles. The second-order valence-corrected chi connectivity index (χ2v) is 7.98. The summed E-state index contributed by atoms with van der Waals surface area (Å²) >= 11 is 3.32. The van der Waals surface area contributed by atoms with Gasteiger partial charge in [-0.3, -0.25) is 0 Å². The molecule has 7 heteroatoms. The van der Waals surface area contributed by atoms with E-state index in [9.17, 15) is 13.5 Å². The van der Waals surface area contributed by atoms with Gasteiger partial charge in [-0.15, -0.1) is 0 Å². The summed E-state index contributed by atoms with van der Waals surface area (Å²) in [5, 5.41) is 9.24. The van der Waals surface area contributed by atoms with Crippen molar-refractivity contribution in [3.05, 3.63) is 27.7 Å². The van der Waals surface area contributed by atoms with Crippen LogP contribution in [-0.4, -0.2) is 32.8 Å². The van der Waals surface area contributed by atoms with Crippen molar-refractivity contribution < 1.29 is 18.3 Å². The number of aliphatic hydroxyl groups is 1. The number of sulfonamides is 1. The molecule has 0 heterocycles. The van der Waals surface area contributed by atoms with Gasteiger partial charge in [0, 0.05) is 18.1 Å². The van der Waals surface area contributed by atoms with E-state index in [0.717, 1.165) is 24.8 Å². The number of aliphatic hydroxyl groups excluding tert-OH is 1. The molecule has 1 aromatic rings. The lowest BCUT2D eigenvalue weighted by atomic mass is 9.80. The van der Waals surface area contributed by atoms with Gasteiger partial charge in [-0.1, -0.05) is 6.07 Å². The summed E-state index contributed by atoms with van der Waals surface area (Å²) in [6.45, 7) is 1.87. The average molecular weight is 378 g/mol. The van der Waals surface area contributed by atoms with E-state index in [-0.39, 0.29) is 23.6 Å². The van der Waals surface area contributed by atoms with Crippen LogP contribution in [0.25, 0.3) is 0 Å². The van der Waals surface area contributed by atoms with Crippen molar-refractivity contribution >= 4 is 26.0 Å². The molecule has 0 atom stereocenters. The van der Waals surface area contributed by atoms with E-state index in [1.165, 1.54) is 6.07 Å². The Balaban J connectivity index is 2.25.